The van der Waals surface area contributed by atoms with Crippen molar-refractivity contribution in [1.82, 2.24) is 0 Å². The van der Waals surface area contributed by atoms with E-state index in [0.717, 1.165) is 70.6 Å². The molecule has 0 heterocycles. The average molecular weight is 1160 g/mol. The monoisotopic (exact) mass is 1160 g/mol. The van der Waals surface area contributed by atoms with Gasteiger partial charge in [-0.15, -0.1) is 0 Å². The summed E-state index contributed by atoms with van der Waals surface area (Å²) >= 11 is 0. The number of hydrogen-bond acceptors (Lipinski definition) is 8. The molecule has 0 amide bonds. The van der Waals surface area contributed by atoms with E-state index >= 15 is 0 Å². The molecule has 0 bridgehead atoms. The normalized spacial score (nSPS) is 13.2. The highest BCUT2D eigenvalue weighted by Gasteiger charge is 2.22. The first kappa shape index (κ1) is 79.5. The molecular formula is C74H131NO8. The molecule has 0 aliphatic rings. The highest BCUT2D eigenvalue weighted by atomic mass is 16.7. The Labute approximate surface area is 512 Å². The van der Waals surface area contributed by atoms with Gasteiger partial charge in [-0.3, -0.25) is 9.59 Å². The van der Waals surface area contributed by atoms with E-state index in [4.69, 9.17) is 18.9 Å². The molecule has 0 saturated heterocycles. The maximum absolute atomic E-state index is 12.9. The molecule has 0 N–H and O–H groups in total. The molecule has 0 saturated carbocycles. The van der Waals surface area contributed by atoms with Gasteiger partial charge in [0.1, 0.15) is 13.2 Å². The third-order valence-corrected chi connectivity index (χ3v) is 15.1. The third-order valence-electron chi connectivity index (χ3n) is 15.1. The molecule has 480 valence electrons. The zero-order valence-corrected chi connectivity index (χ0v) is 54.8. The van der Waals surface area contributed by atoms with Crippen LogP contribution in [0.5, 0.6) is 0 Å². The van der Waals surface area contributed by atoms with Crippen molar-refractivity contribution in [3.8, 4) is 0 Å². The lowest BCUT2D eigenvalue weighted by atomic mass is 10.0. The Bertz CT molecular complexity index is 1640. The Balaban J connectivity index is 4.09. The Morgan fingerprint density at radius 3 is 1.04 bits per heavy atom. The number of nitrogens with zero attached hydrogens (tertiary/aromatic N) is 1. The zero-order valence-electron chi connectivity index (χ0n) is 54.8. The second-order valence-electron chi connectivity index (χ2n) is 24.4. The number of rotatable bonds is 64. The SMILES string of the molecule is CC/C=C\C/C=C\C/C=C\C/C=C\C/C=C\C/C=C\CCCCCCCCCCCCCCCCCCC(=O)OC(COC(=O)CCCCCCCCCCCCC/C=C\CCCCCCCCCC)COC(OCC[N+](C)(C)C)C(=O)[O-]. The number of ether oxygens (including phenoxy) is 4. The minimum absolute atomic E-state index is 0.147. The van der Waals surface area contributed by atoms with Crippen molar-refractivity contribution in [3.63, 3.8) is 0 Å². The van der Waals surface area contributed by atoms with Gasteiger partial charge in [-0.2, -0.15) is 0 Å². The van der Waals surface area contributed by atoms with Gasteiger partial charge in [-0.05, 0) is 89.9 Å². The highest BCUT2D eigenvalue weighted by molar-refractivity contribution is 5.70. The number of allylic oxidation sites excluding steroid dienone is 14. The molecule has 0 aromatic rings. The van der Waals surface area contributed by atoms with Gasteiger partial charge in [0.25, 0.3) is 0 Å². The number of carboxylic acids is 1. The molecule has 0 aromatic heterocycles. The van der Waals surface area contributed by atoms with Crippen molar-refractivity contribution in [2.24, 2.45) is 0 Å². The predicted octanol–water partition coefficient (Wildman–Crippen LogP) is 20.1. The maximum atomic E-state index is 12.9. The number of quaternary nitrogens is 1. The van der Waals surface area contributed by atoms with Crippen LogP contribution in [-0.2, 0) is 33.3 Å². The largest absolute Gasteiger partial charge is 0.545 e. The summed E-state index contributed by atoms with van der Waals surface area (Å²) < 4.78 is 22.8. The van der Waals surface area contributed by atoms with Crippen LogP contribution in [0.4, 0.5) is 0 Å². The maximum Gasteiger partial charge on any atom is 0.306 e. The molecule has 9 heteroatoms. The number of likely N-dealkylation sites (N-methyl/N-ethyl adjacent to an activating group) is 1. The molecule has 0 fully saturated rings. The second-order valence-corrected chi connectivity index (χ2v) is 24.4. The summed E-state index contributed by atoms with van der Waals surface area (Å²) in [6, 6.07) is 0. The molecule has 0 aliphatic carbocycles. The van der Waals surface area contributed by atoms with E-state index in [1.54, 1.807) is 0 Å². The smallest absolute Gasteiger partial charge is 0.306 e. The number of unbranched alkanes of at least 4 members (excludes halogenated alkanes) is 35. The topological polar surface area (TPSA) is 111 Å². The Kier molecular flexibility index (Phi) is 61.7. The van der Waals surface area contributed by atoms with Gasteiger partial charge in [-0.25, -0.2) is 0 Å². The number of esters is 2. The number of hydrogen-bond donors (Lipinski definition) is 0. The summed E-state index contributed by atoms with van der Waals surface area (Å²) in [5.74, 6) is -2.27. The molecule has 2 unspecified atom stereocenters. The summed E-state index contributed by atoms with van der Waals surface area (Å²) in [6.45, 7) is 4.67. The fraction of sp³-hybridized carbons (Fsp3) is 0.770. The molecule has 0 aliphatic heterocycles. The second kappa shape index (κ2) is 64.5. The fourth-order valence-electron chi connectivity index (χ4n) is 9.83. The van der Waals surface area contributed by atoms with E-state index in [-0.39, 0.29) is 32.2 Å². The first-order valence-corrected chi connectivity index (χ1v) is 34.7. The van der Waals surface area contributed by atoms with Gasteiger partial charge in [-0.1, -0.05) is 292 Å². The van der Waals surface area contributed by atoms with Crippen LogP contribution in [0.2, 0.25) is 0 Å². The first-order valence-electron chi connectivity index (χ1n) is 34.7. The molecular weight excluding hydrogens is 1030 g/mol. The lowest BCUT2D eigenvalue weighted by Gasteiger charge is -2.26. The van der Waals surface area contributed by atoms with E-state index in [2.05, 4.69) is 98.9 Å². The summed E-state index contributed by atoms with van der Waals surface area (Å²) in [7, 11) is 5.93. The van der Waals surface area contributed by atoms with Crippen LogP contribution in [0.15, 0.2) is 85.1 Å². The Morgan fingerprint density at radius 2 is 0.687 bits per heavy atom. The summed E-state index contributed by atoms with van der Waals surface area (Å²) in [5.41, 5.74) is 0. The van der Waals surface area contributed by atoms with Crippen LogP contribution in [0.3, 0.4) is 0 Å². The molecule has 9 nitrogen and oxygen atoms in total. The van der Waals surface area contributed by atoms with Crippen LogP contribution in [0.25, 0.3) is 0 Å². The number of carbonyl (C=O) groups excluding carboxylic acids is 3. The van der Waals surface area contributed by atoms with E-state index in [1.807, 2.05) is 21.1 Å². The van der Waals surface area contributed by atoms with Crippen molar-refractivity contribution in [2.75, 3.05) is 47.5 Å². The lowest BCUT2D eigenvalue weighted by Crippen LogP contribution is -2.44. The van der Waals surface area contributed by atoms with Gasteiger partial charge in [0.05, 0.1) is 40.3 Å². The fourth-order valence-corrected chi connectivity index (χ4v) is 9.83. The van der Waals surface area contributed by atoms with Crippen LogP contribution < -0.4 is 5.11 Å². The zero-order chi connectivity index (χ0) is 60.5. The molecule has 0 rings (SSSR count). The highest BCUT2D eigenvalue weighted by Crippen LogP contribution is 2.17. The van der Waals surface area contributed by atoms with Gasteiger partial charge in [0.15, 0.2) is 12.4 Å². The van der Waals surface area contributed by atoms with Gasteiger partial charge < -0.3 is 33.3 Å². The van der Waals surface area contributed by atoms with Crippen LogP contribution in [0, 0.1) is 0 Å². The van der Waals surface area contributed by atoms with Gasteiger partial charge in [0.2, 0.25) is 0 Å². The van der Waals surface area contributed by atoms with Crippen molar-refractivity contribution < 1.29 is 42.9 Å². The van der Waals surface area contributed by atoms with Crippen LogP contribution in [-0.4, -0.2) is 82.3 Å². The minimum atomic E-state index is -1.62. The molecule has 0 spiro atoms. The van der Waals surface area contributed by atoms with Crippen molar-refractivity contribution >= 4 is 17.9 Å². The molecule has 2 atom stereocenters. The average Bonchev–Trinajstić information content (AvgIpc) is 3.46. The quantitative estimate of drug-likeness (QED) is 0.0195. The first-order chi connectivity index (χ1) is 40.6. The third kappa shape index (κ3) is 65.9. The van der Waals surface area contributed by atoms with Crippen LogP contribution >= 0.6 is 0 Å². The van der Waals surface area contributed by atoms with Crippen LogP contribution in [0.1, 0.15) is 309 Å². The standard InChI is InChI=1S/C74H131NO8/c1-6-8-10-12-14-16-18-20-22-24-26-28-30-31-32-33-34-35-36-37-38-39-40-41-43-45-47-49-51-53-55-57-59-61-63-65-72(77)83-70(69-82-74(73(78)79)80-67-66-75(3,4)5)68-81-71(76)64-62-60-58-56-54-52-50-48-46-44-42-29-27-25-23-21-19-17-15-13-11-9-7-2/h8,10,14,16,20,22,25-28,31-32,34-35,70,74H,6-7,9,11-13,15,17-19,21,23-24,29-30,33,36-69H2,1-5H3/b10-8-,16-14-,22-20-,27-25-,28-26-,32-31-,35-34-. The van der Waals surface area contributed by atoms with Gasteiger partial charge in [0, 0.05) is 12.8 Å². The Hall–Kier alpha value is -3.53. The Morgan fingerprint density at radius 1 is 0.373 bits per heavy atom. The lowest BCUT2D eigenvalue weighted by molar-refractivity contribution is -0.870. The van der Waals surface area contributed by atoms with Crippen molar-refractivity contribution in [1.29, 1.82) is 0 Å². The van der Waals surface area contributed by atoms with E-state index in [9.17, 15) is 19.5 Å². The number of aliphatic carboxylic acids is 1. The molecule has 83 heavy (non-hydrogen) atoms. The summed E-state index contributed by atoms with van der Waals surface area (Å²) in [4.78, 5) is 37.5. The minimum Gasteiger partial charge on any atom is -0.545 e. The van der Waals surface area contributed by atoms with Gasteiger partial charge >= 0.3 is 11.9 Å². The summed E-state index contributed by atoms with van der Waals surface area (Å²) in [6.07, 6.45) is 83.7. The molecule has 0 aromatic carbocycles. The molecule has 0 radical (unpaired) electrons. The number of carbonyl (C=O) groups is 3. The van der Waals surface area contributed by atoms with Crippen molar-refractivity contribution in [2.45, 2.75) is 322 Å². The van der Waals surface area contributed by atoms with E-state index < -0.39 is 24.3 Å². The van der Waals surface area contributed by atoms with E-state index in [1.165, 1.54) is 205 Å². The van der Waals surface area contributed by atoms with Crippen molar-refractivity contribution in [3.05, 3.63) is 85.1 Å². The number of carboxylic acid groups (broad SMARTS) is 1. The predicted molar refractivity (Wildman–Crippen MR) is 352 cm³/mol. The van der Waals surface area contributed by atoms with E-state index in [0.29, 0.717) is 23.9 Å². The summed E-state index contributed by atoms with van der Waals surface area (Å²) in [5, 5.41) is 11.8.